The molecule has 2 aromatic heterocycles. The number of alkyl halides is 1. The molecule has 38 heavy (non-hydrogen) atoms. The predicted octanol–water partition coefficient (Wildman–Crippen LogP) is 2.63. The van der Waals surface area contributed by atoms with Crippen LogP contribution in [0.4, 0.5) is 10.2 Å². The van der Waals surface area contributed by atoms with Crippen molar-refractivity contribution in [2.75, 3.05) is 26.1 Å². The van der Waals surface area contributed by atoms with E-state index < -0.39 is 42.8 Å². The molecule has 4 rings (SSSR count). The van der Waals surface area contributed by atoms with E-state index in [1.54, 1.807) is 51.2 Å². The van der Waals surface area contributed by atoms with E-state index in [1.165, 1.54) is 24.9 Å². The quantitative estimate of drug-likeness (QED) is 0.244. The minimum absolute atomic E-state index is 0.329. The first-order valence-electron chi connectivity index (χ1n) is 11.7. The zero-order valence-electron chi connectivity index (χ0n) is 21.5. The van der Waals surface area contributed by atoms with E-state index in [0.717, 1.165) is 0 Å². The number of carbonyl (C=O) groups is 1. The number of rotatable bonds is 10. The molecule has 0 radical (unpaired) electrons. The molecule has 0 saturated carbocycles. The molecule has 1 aliphatic heterocycles. The number of nitrogens with one attached hydrogen (secondary N) is 2. The van der Waals surface area contributed by atoms with E-state index >= 15 is 4.39 Å². The van der Waals surface area contributed by atoms with Crippen molar-refractivity contribution < 1.29 is 32.8 Å². The molecule has 0 bridgehead atoms. The number of carbonyl (C=O) groups excluding carboxylic acids is 1. The zero-order valence-corrected chi connectivity index (χ0v) is 23.2. The van der Waals surface area contributed by atoms with E-state index in [2.05, 4.69) is 25.4 Å². The molecule has 3 N–H and O–H groups in total. The first-order valence-corrected chi connectivity index (χ1v) is 14.4. The number of imidazole rings is 1. The molecule has 0 amide bonds. The van der Waals surface area contributed by atoms with Crippen LogP contribution in [-0.4, -0.2) is 75.3 Å². The Bertz CT molecular complexity index is 1340. The lowest BCUT2D eigenvalue weighted by atomic mass is 9.98. The van der Waals surface area contributed by atoms with Crippen LogP contribution >= 0.6 is 6.64 Å². The third-order valence-corrected chi connectivity index (χ3v) is 8.52. The Hall–Kier alpha value is -2.74. The number of nitrogens with zero attached hydrogens (tertiary/aromatic N) is 4. The van der Waals surface area contributed by atoms with Gasteiger partial charge in [-0.2, -0.15) is 0 Å². The predicted molar refractivity (Wildman–Crippen MR) is 141 cm³/mol. The summed E-state index contributed by atoms with van der Waals surface area (Å²) in [6, 6.07) is 7.81. The van der Waals surface area contributed by atoms with E-state index in [0.29, 0.717) is 28.6 Å². The van der Waals surface area contributed by atoms with Gasteiger partial charge in [-0.3, -0.25) is 9.36 Å². The number of methoxy groups -OCH3 is 1. The molecule has 3 heterocycles. The highest BCUT2D eigenvalue weighted by molar-refractivity contribution is 8.09. The number of aromatic nitrogens is 4. The minimum Gasteiger partial charge on any atom is -0.468 e. The molecule has 0 spiro atoms. The van der Waals surface area contributed by atoms with Crippen LogP contribution in [0.5, 0.6) is 5.75 Å². The second-order valence-electron chi connectivity index (χ2n) is 8.89. The number of anilines is 1. The van der Waals surface area contributed by atoms with Gasteiger partial charge in [0.25, 0.3) is 0 Å². The lowest BCUT2D eigenvalue weighted by Crippen LogP contribution is -2.41. The monoisotopic (exact) mass is 568 g/mol. The molecule has 1 saturated heterocycles. The summed E-state index contributed by atoms with van der Waals surface area (Å²) in [6.45, 7) is 0.755. The van der Waals surface area contributed by atoms with Gasteiger partial charge in [-0.1, -0.05) is 18.2 Å². The normalized spacial score (nSPS) is 25.6. The number of aryl methyl sites for hydroxylation is 1. The van der Waals surface area contributed by atoms with Crippen molar-refractivity contribution >= 4 is 41.4 Å². The maximum atomic E-state index is 16.0. The highest BCUT2D eigenvalue weighted by Gasteiger charge is 2.55. The lowest BCUT2D eigenvalue weighted by molar-refractivity contribution is -0.142. The largest absolute Gasteiger partial charge is 0.468 e. The van der Waals surface area contributed by atoms with Gasteiger partial charge in [0.15, 0.2) is 28.9 Å². The van der Waals surface area contributed by atoms with E-state index in [9.17, 15) is 9.90 Å². The highest BCUT2D eigenvalue weighted by Crippen LogP contribution is 2.48. The Balaban J connectivity index is 1.57. The molecule has 1 aromatic carbocycles. The fourth-order valence-corrected chi connectivity index (χ4v) is 6.49. The van der Waals surface area contributed by atoms with Gasteiger partial charge < -0.3 is 28.9 Å². The second kappa shape index (κ2) is 11.2. The number of ether oxygens (including phenoxy) is 2. The van der Waals surface area contributed by atoms with Crippen molar-refractivity contribution in [3.63, 3.8) is 0 Å². The molecule has 12 nitrogen and oxygen atoms in total. The molecule has 6 atom stereocenters. The Labute approximate surface area is 224 Å². The summed E-state index contributed by atoms with van der Waals surface area (Å²) in [6.07, 6.45) is -2.60. The van der Waals surface area contributed by atoms with Gasteiger partial charge in [-0.25, -0.2) is 24.4 Å². The molecule has 0 unspecified atom stereocenters. The SMILES string of the molecule is CNc1nc(C)nc2c1ncn2[C@@H]1O[C@H](CO[P@](=S)(N[C@@H](C)C(=O)OC)Oc2ccccc2)[C@@H](O)[C@@]1(C)F. The zero-order chi connectivity index (χ0) is 27.7. The van der Waals surface area contributed by atoms with Crippen molar-refractivity contribution in [3.05, 3.63) is 42.5 Å². The number of hydrogen-bond donors (Lipinski definition) is 3. The van der Waals surface area contributed by atoms with E-state index in [-0.39, 0.29) is 6.61 Å². The Morgan fingerprint density at radius 3 is 2.74 bits per heavy atom. The Morgan fingerprint density at radius 1 is 1.37 bits per heavy atom. The van der Waals surface area contributed by atoms with Crippen molar-refractivity contribution in [2.45, 2.75) is 50.9 Å². The Morgan fingerprint density at radius 2 is 2.08 bits per heavy atom. The number of benzene rings is 1. The van der Waals surface area contributed by atoms with Crippen molar-refractivity contribution in [1.29, 1.82) is 0 Å². The van der Waals surface area contributed by atoms with E-state index in [4.69, 9.17) is 30.3 Å². The fraction of sp³-hybridized carbons (Fsp3) is 0.478. The second-order valence-corrected chi connectivity index (χ2v) is 12.0. The van der Waals surface area contributed by atoms with Crippen LogP contribution in [0, 0.1) is 6.92 Å². The summed E-state index contributed by atoms with van der Waals surface area (Å²) < 4.78 is 40.0. The molecule has 0 aliphatic carbocycles. The summed E-state index contributed by atoms with van der Waals surface area (Å²) in [4.78, 5) is 25.0. The molecular weight excluding hydrogens is 538 g/mol. The van der Waals surface area contributed by atoms with Crippen LogP contribution in [0.3, 0.4) is 0 Å². The third-order valence-electron chi connectivity index (χ3n) is 6.02. The van der Waals surface area contributed by atoms with Gasteiger partial charge in [-0.15, -0.1) is 0 Å². The van der Waals surface area contributed by atoms with Gasteiger partial charge in [0.1, 0.15) is 29.8 Å². The summed E-state index contributed by atoms with van der Waals surface area (Å²) >= 11 is 5.65. The fourth-order valence-electron chi connectivity index (χ4n) is 4.07. The molecule has 1 aliphatic rings. The summed E-state index contributed by atoms with van der Waals surface area (Å²) in [5.74, 6) is 0.766. The number of esters is 1. The number of aliphatic hydroxyl groups excluding tert-OH is 1. The van der Waals surface area contributed by atoms with Gasteiger partial charge in [0.05, 0.1) is 20.0 Å². The standard InChI is InChI=1S/C23H30FN6O6PS/c1-13(21(32)33-5)29-37(38,36-15-9-7-6-8-10-15)34-11-16-18(31)23(3,24)22(35-16)30-12-26-17-19(25-4)27-14(2)28-20(17)30/h6-10,12-13,16,18,22,31H,11H2,1-5H3,(H,29,38)(H,25,27,28)/t13-,16+,18+,22+,23+,37+/m0/s1. The van der Waals surface area contributed by atoms with Gasteiger partial charge in [0, 0.05) is 7.05 Å². The maximum Gasteiger partial charge on any atom is 0.323 e. The molecule has 206 valence electrons. The number of para-hydroxylation sites is 1. The van der Waals surface area contributed by atoms with Crippen LogP contribution in [0.2, 0.25) is 0 Å². The maximum absolute atomic E-state index is 16.0. The smallest absolute Gasteiger partial charge is 0.323 e. The van der Waals surface area contributed by atoms with Crippen molar-refractivity contribution in [1.82, 2.24) is 24.6 Å². The molecule has 3 aromatic rings. The van der Waals surface area contributed by atoms with Gasteiger partial charge in [-0.05, 0) is 44.7 Å². The lowest BCUT2D eigenvalue weighted by Gasteiger charge is -2.27. The summed E-state index contributed by atoms with van der Waals surface area (Å²) in [5, 5.41) is 16.7. The number of halogens is 1. The van der Waals surface area contributed by atoms with Crippen LogP contribution in [0.1, 0.15) is 25.9 Å². The van der Waals surface area contributed by atoms with Crippen LogP contribution in [0.25, 0.3) is 11.2 Å². The highest BCUT2D eigenvalue weighted by atomic mass is 32.5. The first-order chi connectivity index (χ1) is 18.0. The van der Waals surface area contributed by atoms with Crippen molar-refractivity contribution in [2.24, 2.45) is 0 Å². The number of fused-ring (bicyclic) bond motifs is 1. The Kier molecular flexibility index (Phi) is 8.31. The third kappa shape index (κ3) is 5.65. The average Bonchev–Trinajstić information content (AvgIpc) is 3.39. The van der Waals surface area contributed by atoms with Crippen LogP contribution < -0.4 is 14.9 Å². The summed E-state index contributed by atoms with van der Waals surface area (Å²) in [7, 11) is 2.94. The number of hydrogen-bond acceptors (Lipinski definition) is 11. The molecule has 1 fully saturated rings. The van der Waals surface area contributed by atoms with Crippen molar-refractivity contribution in [3.8, 4) is 5.75 Å². The van der Waals surface area contributed by atoms with Crippen LogP contribution in [-0.2, 0) is 30.6 Å². The topological polar surface area (TPSA) is 142 Å². The first kappa shape index (κ1) is 28.3. The molecular formula is C23H30FN6O6PS. The number of aliphatic hydroxyl groups is 1. The van der Waals surface area contributed by atoms with Gasteiger partial charge in [0.2, 0.25) is 0 Å². The van der Waals surface area contributed by atoms with Gasteiger partial charge >= 0.3 is 12.6 Å². The average molecular weight is 569 g/mol. The molecule has 15 heteroatoms. The summed E-state index contributed by atoms with van der Waals surface area (Å²) in [5.41, 5.74) is -1.47. The minimum atomic E-state index is -3.40. The van der Waals surface area contributed by atoms with Crippen LogP contribution in [0.15, 0.2) is 36.7 Å². The van der Waals surface area contributed by atoms with E-state index in [1.807, 2.05) is 0 Å².